The van der Waals surface area contributed by atoms with E-state index in [1.54, 1.807) is 12.4 Å². The van der Waals surface area contributed by atoms with Gasteiger partial charge in [0.2, 0.25) is 0 Å². The van der Waals surface area contributed by atoms with Crippen LogP contribution in [0.3, 0.4) is 0 Å². The third kappa shape index (κ3) is 3.08. The SMILES string of the molecule is O=S(=O)(NCc1ncc[nH]1)c1cc(Cl)c(Br)s1. The van der Waals surface area contributed by atoms with Gasteiger partial charge in [-0.2, -0.15) is 0 Å². The molecule has 0 fully saturated rings. The topological polar surface area (TPSA) is 74.8 Å². The number of nitrogens with one attached hydrogen (secondary N) is 2. The fourth-order valence-corrected chi connectivity index (χ4v) is 4.52. The first-order valence-corrected chi connectivity index (χ1v) is 7.89. The van der Waals surface area contributed by atoms with E-state index in [1.165, 1.54) is 6.07 Å². The van der Waals surface area contributed by atoms with Gasteiger partial charge in [0.15, 0.2) is 0 Å². The largest absolute Gasteiger partial charge is 0.347 e. The zero-order chi connectivity index (χ0) is 12.5. The quantitative estimate of drug-likeness (QED) is 0.883. The Morgan fingerprint density at radius 2 is 2.35 bits per heavy atom. The van der Waals surface area contributed by atoms with Gasteiger partial charge < -0.3 is 4.98 Å². The van der Waals surface area contributed by atoms with Crippen molar-refractivity contribution in [1.29, 1.82) is 0 Å². The smallest absolute Gasteiger partial charge is 0.250 e. The lowest BCUT2D eigenvalue weighted by Crippen LogP contribution is -2.22. The molecule has 2 aromatic heterocycles. The summed E-state index contributed by atoms with van der Waals surface area (Å²) in [5.41, 5.74) is 0. The Balaban J connectivity index is 2.14. The van der Waals surface area contributed by atoms with Gasteiger partial charge in [0.1, 0.15) is 10.0 Å². The molecule has 0 radical (unpaired) electrons. The molecule has 0 atom stereocenters. The number of halogens is 2. The highest BCUT2D eigenvalue weighted by Crippen LogP contribution is 2.34. The first kappa shape index (κ1) is 13.0. The third-order valence-electron chi connectivity index (χ3n) is 1.87. The zero-order valence-electron chi connectivity index (χ0n) is 8.28. The molecule has 0 spiro atoms. The number of nitrogens with zero attached hydrogens (tertiary/aromatic N) is 1. The number of thiophene rings is 1. The lowest BCUT2D eigenvalue weighted by molar-refractivity contribution is 0.582. The van der Waals surface area contributed by atoms with Gasteiger partial charge in [0, 0.05) is 12.4 Å². The molecule has 0 aliphatic carbocycles. The van der Waals surface area contributed by atoms with Crippen LogP contribution in [0.1, 0.15) is 5.82 Å². The molecule has 2 N–H and O–H groups in total. The van der Waals surface area contributed by atoms with Crippen LogP contribution in [0.15, 0.2) is 26.5 Å². The average molecular weight is 357 g/mol. The Morgan fingerprint density at radius 3 is 2.88 bits per heavy atom. The number of hydrogen-bond acceptors (Lipinski definition) is 4. The van der Waals surface area contributed by atoms with Crippen LogP contribution in [0.5, 0.6) is 0 Å². The summed E-state index contributed by atoms with van der Waals surface area (Å²) in [4.78, 5) is 6.73. The highest BCUT2D eigenvalue weighted by molar-refractivity contribution is 9.11. The van der Waals surface area contributed by atoms with Crippen LogP contribution in [0, 0.1) is 0 Å². The summed E-state index contributed by atoms with van der Waals surface area (Å²) in [6, 6.07) is 1.40. The molecule has 0 aliphatic heterocycles. The zero-order valence-corrected chi connectivity index (χ0v) is 12.3. The van der Waals surface area contributed by atoms with Gasteiger partial charge in [-0.15, -0.1) is 11.3 Å². The van der Waals surface area contributed by atoms with E-state index in [4.69, 9.17) is 11.6 Å². The molecular formula is C8H7BrClN3O2S2. The Kier molecular flexibility index (Phi) is 3.88. The predicted molar refractivity (Wildman–Crippen MR) is 69.6 cm³/mol. The van der Waals surface area contributed by atoms with Gasteiger partial charge in [-0.25, -0.2) is 18.1 Å². The molecule has 0 amide bonds. The van der Waals surface area contributed by atoms with E-state index < -0.39 is 10.0 Å². The first-order chi connectivity index (χ1) is 7.99. The van der Waals surface area contributed by atoms with Crippen LogP contribution in [0.4, 0.5) is 0 Å². The number of imidazole rings is 1. The number of aromatic amines is 1. The maximum absolute atomic E-state index is 11.9. The molecule has 17 heavy (non-hydrogen) atoms. The van der Waals surface area contributed by atoms with Crippen LogP contribution >= 0.6 is 38.9 Å². The van der Waals surface area contributed by atoms with Gasteiger partial charge in [0.25, 0.3) is 10.0 Å². The normalized spacial score (nSPS) is 11.9. The summed E-state index contributed by atoms with van der Waals surface area (Å²) in [5.74, 6) is 0.551. The number of H-pyrrole nitrogens is 1. The Hall–Kier alpha value is -0.410. The second-order valence-electron chi connectivity index (χ2n) is 3.05. The standard InChI is InChI=1S/C8H7BrClN3O2S2/c9-8-5(10)3-7(16-8)17(14,15)13-4-6-11-1-2-12-6/h1-3,13H,4H2,(H,11,12). The summed E-state index contributed by atoms with van der Waals surface area (Å²) in [7, 11) is -3.54. The van der Waals surface area contributed by atoms with Crippen molar-refractivity contribution in [3.63, 3.8) is 0 Å². The van der Waals surface area contributed by atoms with Gasteiger partial charge in [-0.05, 0) is 22.0 Å². The van der Waals surface area contributed by atoms with Gasteiger partial charge in [0.05, 0.1) is 15.4 Å². The molecule has 0 saturated carbocycles. The molecule has 2 rings (SSSR count). The van der Waals surface area contributed by atoms with Crippen molar-refractivity contribution in [2.24, 2.45) is 0 Å². The number of rotatable bonds is 4. The molecule has 5 nitrogen and oxygen atoms in total. The fraction of sp³-hybridized carbons (Fsp3) is 0.125. The second kappa shape index (κ2) is 5.07. The molecule has 9 heteroatoms. The minimum Gasteiger partial charge on any atom is -0.347 e. The van der Waals surface area contributed by atoms with Gasteiger partial charge in [-0.3, -0.25) is 0 Å². The maximum Gasteiger partial charge on any atom is 0.250 e. The van der Waals surface area contributed by atoms with E-state index in [2.05, 4.69) is 30.6 Å². The Labute approximate surface area is 115 Å². The minimum absolute atomic E-state index is 0.114. The Morgan fingerprint density at radius 1 is 1.59 bits per heavy atom. The van der Waals surface area contributed by atoms with Crippen LogP contribution < -0.4 is 4.72 Å². The van der Waals surface area contributed by atoms with E-state index in [9.17, 15) is 8.42 Å². The van der Waals surface area contributed by atoms with E-state index in [-0.39, 0.29) is 10.8 Å². The second-order valence-corrected chi connectivity index (χ2v) is 7.82. The molecule has 0 saturated heterocycles. The van der Waals surface area contributed by atoms with E-state index in [0.717, 1.165) is 11.3 Å². The molecule has 0 aromatic carbocycles. The monoisotopic (exact) mass is 355 g/mol. The molecule has 0 unspecified atom stereocenters. The molecule has 0 bridgehead atoms. The van der Waals surface area contributed by atoms with Crippen molar-refractivity contribution in [1.82, 2.24) is 14.7 Å². The van der Waals surface area contributed by atoms with Crippen LogP contribution in [0.25, 0.3) is 0 Å². The van der Waals surface area contributed by atoms with Crippen molar-refractivity contribution in [2.45, 2.75) is 10.8 Å². The van der Waals surface area contributed by atoms with Crippen molar-refractivity contribution in [3.05, 3.63) is 33.1 Å². The fourth-order valence-electron chi connectivity index (χ4n) is 1.09. The third-order valence-corrected chi connectivity index (χ3v) is 6.22. The molecule has 92 valence electrons. The molecule has 0 aliphatic rings. The predicted octanol–water partition coefficient (Wildman–Crippen LogP) is 2.37. The number of aromatic nitrogens is 2. The van der Waals surface area contributed by atoms with Gasteiger partial charge >= 0.3 is 0 Å². The van der Waals surface area contributed by atoms with Gasteiger partial charge in [-0.1, -0.05) is 11.6 Å². The summed E-state index contributed by atoms with van der Waals surface area (Å²) in [5, 5.41) is 0.383. The van der Waals surface area contributed by atoms with Crippen LogP contribution in [-0.4, -0.2) is 18.4 Å². The number of sulfonamides is 1. The summed E-state index contributed by atoms with van der Waals surface area (Å²) in [6.07, 6.45) is 3.18. The lowest BCUT2D eigenvalue weighted by atomic mass is 10.6. The minimum atomic E-state index is -3.54. The van der Waals surface area contributed by atoms with Crippen molar-refractivity contribution in [2.75, 3.05) is 0 Å². The van der Waals surface area contributed by atoms with Crippen LogP contribution in [0.2, 0.25) is 5.02 Å². The highest BCUT2D eigenvalue weighted by atomic mass is 79.9. The maximum atomic E-state index is 11.9. The lowest BCUT2D eigenvalue weighted by Gasteiger charge is -2.01. The average Bonchev–Trinajstić information content (AvgIpc) is 2.87. The van der Waals surface area contributed by atoms with Crippen molar-refractivity contribution < 1.29 is 8.42 Å². The summed E-state index contributed by atoms with van der Waals surface area (Å²) in [6.45, 7) is 0.114. The van der Waals surface area contributed by atoms with E-state index in [1.807, 2.05) is 0 Å². The molecule has 2 aromatic rings. The van der Waals surface area contributed by atoms with E-state index >= 15 is 0 Å². The molecule has 2 heterocycles. The van der Waals surface area contributed by atoms with Crippen molar-refractivity contribution >= 4 is 48.9 Å². The Bertz CT molecular complexity index is 589. The summed E-state index contributed by atoms with van der Waals surface area (Å²) < 4.78 is 26.9. The van der Waals surface area contributed by atoms with Crippen molar-refractivity contribution in [3.8, 4) is 0 Å². The number of hydrogen-bond donors (Lipinski definition) is 2. The van der Waals surface area contributed by atoms with Crippen LogP contribution in [-0.2, 0) is 16.6 Å². The highest BCUT2D eigenvalue weighted by Gasteiger charge is 2.18. The first-order valence-electron chi connectivity index (χ1n) is 4.42. The molecular weight excluding hydrogens is 350 g/mol. The van der Waals surface area contributed by atoms with E-state index in [0.29, 0.717) is 14.6 Å². The summed E-state index contributed by atoms with van der Waals surface area (Å²) >= 11 is 10.0.